The van der Waals surface area contributed by atoms with E-state index in [4.69, 9.17) is 0 Å². The molecule has 9 heteroatoms. The highest BCUT2D eigenvalue weighted by Gasteiger charge is 2.18. The predicted octanol–water partition coefficient (Wildman–Crippen LogP) is 2.48. The normalized spacial score (nSPS) is 10.4. The number of hydrogen-bond acceptors (Lipinski definition) is 5. The van der Waals surface area contributed by atoms with Crippen molar-refractivity contribution in [1.29, 1.82) is 0 Å². The van der Waals surface area contributed by atoms with Crippen LogP contribution in [-0.2, 0) is 0 Å². The van der Waals surface area contributed by atoms with Crippen LogP contribution in [0, 0.1) is 24.4 Å². The summed E-state index contributed by atoms with van der Waals surface area (Å²) in [6.07, 6.45) is 0. The van der Waals surface area contributed by atoms with Crippen molar-refractivity contribution in [3.63, 3.8) is 0 Å². The van der Waals surface area contributed by atoms with Crippen LogP contribution in [0.3, 0.4) is 0 Å². The number of halogens is 3. The molecule has 0 radical (unpaired) electrons. The highest BCUT2D eigenvalue weighted by atomic mass is 19.2. The molecule has 134 valence electrons. The molecular weight excluding hydrogens is 335 g/mol. The van der Waals surface area contributed by atoms with Crippen LogP contribution >= 0.6 is 0 Å². The first-order valence-corrected chi connectivity index (χ1v) is 7.67. The number of amides is 1. The summed E-state index contributed by atoms with van der Waals surface area (Å²) in [4.78, 5) is 20.3. The zero-order valence-corrected chi connectivity index (χ0v) is 13.8. The Labute approximate surface area is 142 Å². The summed E-state index contributed by atoms with van der Waals surface area (Å²) in [5.41, 5.74) is 0.210. The molecule has 2 aromatic rings. The second kappa shape index (κ2) is 8.32. The Morgan fingerprint density at radius 2 is 1.84 bits per heavy atom. The third-order valence-electron chi connectivity index (χ3n) is 3.19. The molecule has 0 saturated heterocycles. The maximum atomic E-state index is 13.5. The van der Waals surface area contributed by atoms with Crippen LogP contribution in [0.5, 0.6) is 0 Å². The number of carbonyl (C=O) groups excluding carboxylic acids is 1. The van der Waals surface area contributed by atoms with Crippen LogP contribution in [0.4, 0.5) is 24.9 Å². The highest BCUT2D eigenvalue weighted by Crippen LogP contribution is 2.15. The second-order valence-corrected chi connectivity index (χ2v) is 5.15. The Balaban J connectivity index is 1.89. The molecule has 1 aromatic carbocycles. The SMILES string of the molecule is CCNc1cc(C)nc(NCCNC(=O)c2ccc(F)c(F)c2F)n1. The lowest BCUT2D eigenvalue weighted by atomic mass is 10.2. The van der Waals surface area contributed by atoms with Gasteiger partial charge in [-0.05, 0) is 26.0 Å². The van der Waals surface area contributed by atoms with Gasteiger partial charge in [-0.1, -0.05) is 0 Å². The van der Waals surface area contributed by atoms with Crippen LogP contribution in [0.1, 0.15) is 23.0 Å². The first-order chi connectivity index (χ1) is 11.9. The van der Waals surface area contributed by atoms with Gasteiger partial charge < -0.3 is 16.0 Å². The van der Waals surface area contributed by atoms with Gasteiger partial charge in [-0.3, -0.25) is 4.79 Å². The van der Waals surface area contributed by atoms with Gasteiger partial charge in [0.2, 0.25) is 5.95 Å². The van der Waals surface area contributed by atoms with E-state index < -0.39 is 28.9 Å². The van der Waals surface area contributed by atoms with Gasteiger partial charge in [-0.25, -0.2) is 18.2 Å². The molecule has 0 spiro atoms. The third-order valence-corrected chi connectivity index (χ3v) is 3.19. The molecule has 25 heavy (non-hydrogen) atoms. The van der Waals surface area contributed by atoms with Gasteiger partial charge in [0.1, 0.15) is 5.82 Å². The number of carbonyl (C=O) groups is 1. The van der Waals surface area contributed by atoms with E-state index >= 15 is 0 Å². The number of benzene rings is 1. The number of hydrogen-bond donors (Lipinski definition) is 3. The molecule has 0 aliphatic carbocycles. The summed E-state index contributed by atoms with van der Waals surface area (Å²) in [6, 6.07) is 3.39. The van der Waals surface area contributed by atoms with Gasteiger partial charge in [0.15, 0.2) is 17.5 Å². The summed E-state index contributed by atoms with van der Waals surface area (Å²) >= 11 is 0. The van der Waals surface area contributed by atoms with E-state index in [1.807, 2.05) is 13.8 Å². The van der Waals surface area contributed by atoms with Gasteiger partial charge in [-0.15, -0.1) is 0 Å². The minimum Gasteiger partial charge on any atom is -0.370 e. The molecule has 2 rings (SSSR count). The molecule has 0 saturated carbocycles. The fourth-order valence-electron chi connectivity index (χ4n) is 2.07. The van der Waals surface area contributed by atoms with Crippen molar-refractivity contribution in [2.75, 3.05) is 30.3 Å². The molecule has 1 heterocycles. The van der Waals surface area contributed by atoms with Crippen molar-refractivity contribution in [3.05, 3.63) is 46.9 Å². The van der Waals surface area contributed by atoms with Crippen LogP contribution in [-0.4, -0.2) is 35.5 Å². The van der Waals surface area contributed by atoms with Crippen molar-refractivity contribution in [2.24, 2.45) is 0 Å². The topological polar surface area (TPSA) is 78.9 Å². The van der Waals surface area contributed by atoms with E-state index in [0.717, 1.165) is 11.8 Å². The van der Waals surface area contributed by atoms with Crippen molar-refractivity contribution >= 4 is 17.7 Å². The molecule has 1 aromatic heterocycles. The number of aryl methyl sites for hydroxylation is 1. The molecule has 0 aliphatic heterocycles. The van der Waals surface area contributed by atoms with Gasteiger partial charge in [0, 0.05) is 31.4 Å². The summed E-state index contributed by atoms with van der Waals surface area (Å²) in [7, 11) is 0. The summed E-state index contributed by atoms with van der Waals surface area (Å²) in [5, 5.41) is 8.40. The average Bonchev–Trinajstić information content (AvgIpc) is 2.56. The monoisotopic (exact) mass is 353 g/mol. The van der Waals surface area contributed by atoms with Gasteiger partial charge in [0.25, 0.3) is 5.91 Å². The molecule has 0 atom stereocenters. The molecule has 0 fully saturated rings. The number of nitrogens with one attached hydrogen (secondary N) is 3. The van der Waals surface area contributed by atoms with Gasteiger partial charge in [-0.2, -0.15) is 4.98 Å². The van der Waals surface area contributed by atoms with E-state index in [1.54, 1.807) is 6.07 Å². The van der Waals surface area contributed by atoms with Crippen molar-refractivity contribution in [3.8, 4) is 0 Å². The zero-order chi connectivity index (χ0) is 18.4. The quantitative estimate of drug-likeness (QED) is 0.526. The van der Waals surface area contributed by atoms with Gasteiger partial charge in [0.05, 0.1) is 5.56 Å². The molecule has 0 aliphatic rings. The first-order valence-electron chi connectivity index (χ1n) is 7.67. The average molecular weight is 353 g/mol. The smallest absolute Gasteiger partial charge is 0.254 e. The Morgan fingerprint density at radius 3 is 2.56 bits per heavy atom. The van der Waals surface area contributed by atoms with Crippen molar-refractivity contribution in [2.45, 2.75) is 13.8 Å². The summed E-state index contributed by atoms with van der Waals surface area (Å²) in [6.45, 7) is 4.86. The maximum absolute atomic E-state index is 13.5. The minimum atomic E-state index is -1.67. The van der Waals surface area contributed by atoms with Crippen LogP contribution < -0.4 is 16.0 Å². The Bertz CT molecular complexity index is 770. The highest BCUT2D eigenvalue weighted by molar-refractivity contribution is 5.94. The third kappa shape index (κ3) is 4.82. The van der Waals surface area contributed by atoms with E-state index in [0.29, 0.717) is 24.4 Å². The lowest BCUT2D eigenvalue weighted by Crippen LogP contribution is -2.30. The Hall–Kier alpha value is -2.84. The van der Waals surface area contributed by atoms with E-state index in [-0.39, 0.29) is 13.1 Å². The lowest BCUT2D eigenvalue weighted by Gasteiger charge is -2.10. The lowest BCUT2D eigenvalue weighted by molar-refractivity contribution is 0.0950. The van der Waals surface area contributed by atoms with Crippen molar-refractivity contribution in [1.82, 2.24) is 15.3 Å². The Kier molecular flexibility index (Phi) is 6.15. The second-order valence-electron chi connectivity index (χ2n) is 5.15. The maximum Gasteiger partial charge on any atom is 0.254 e. The largest absolute Gasteiger partial charge is 0.370 e. The molecule has 1 amide bonds. The fraction of sp³-hybridized carbons (Fsp3) is 0.312. The first kappa shape index (κ1) is 18.5. The number of aromatic nitrogens is 2. The van der Waals surface area contributed by atoms with Crippen LogP contribution in [0.25, 0.3) is 0 Å². The number of anilines is 2. The molecule has 0 unspecified atom stereocenters. The number of rotatable bonds is 7. The van der Waals surface area contributed by atoms with E-state index in [1.165, 1.54) is 0 Å². The standard InChI is InChI=1S/C16H18F3N5O/c1-3-20-12-8-9(2)23-16(24-12)22-7-6-21-15(25)10-4-5-11(17)14(19)13(10)18/h4-5,8H,3,6-7H2,1-2H3,(H,21,25)(H2,20,22,23,24). The van der Waals surface area contributed by atoms with E-state index in [9.17, 15) is 18.0 Å². The molecular formula is C16H18F3N5O. The van der Waals surface area contributed by atoms with E-state index in [2.05, 4.69) is 25.9 Å². The fourth-order valence-corrected chi connectivity index (χ4v) is 2.07. The summed E-state index contributed by atoms with van der Waals surface area (Å²) < 4.78 is 39.5. The van der Waals surface area contributed by atoms with Crippen LogP contribution in [0.15, 0.2) is 18.2 Å². The van der Waals surface area contributed by atoms with Crippen LogP contribution in [0.2, 0.25) is 0 Å². The predicted molar refractivity (Wildman–Crippen MR) is 88.1 cm³/mol. The zero-order valence-electron chi connectivity index (χ0n) is 13.8. The number of nitrogens with zero attached hydrogens (tertiary/aromatic N) is 2. The van der Waals surface area contributed by atoms with Gasteiger partial charge >= 0.3 is 0 Å². The van der Waals surface area contributed by atoms with Crippen molar-refractivity contribution < 1.29 is 18.0 Å². The molecule has 3 N–H and O–H groups in total. The molecule has 0 bridgehead atoms. The summed E-state index contributed by atoms with van der Waals surface area (Å²) in [5.74, 6) is -4.31. The Morgan fingerprint density at radius 1 is 1.08 bits per heavy atom. The molecule has 6 nitrogen and oxygen atoms in total. The minimum absolute atomic E-state index is 0.116.